The zero-order chi connectivity index (χ0) is 11.8. The first-order valence-electron chi connectivity index (χ1n) is 5.61. The minimum atomic E-state index is 0.790. The highest BCUT2D eigenvalue weighted by atomic mass is 15.1. The smallest absolute Gasteiger partial charge is 0.146 e. The zero-order valence-corrected chi connectivity index (χ0v) is 10.3. The van der Waals surface area contributed by atoms with Crippen molar-refractivity contribution in [3.63, 3.8) is 0 Å². The summed E-state index contributed by atoms with van der Waals surface area (Å²) in [6, 6.07) is 0. The molecule has 0 aliphatic rings. The number of hydrogen-bond donors (Lipinski definition) is 2. The fraction of sp³-hybridized carbons (Fsp3) is 0.636. The van der Waals surface area contributed by atoms with Crippen LogP contribution in [0.4, 0.5) is 11.6 Å². The molecular weight excluding hydrogens is 202 g/mol. The summed E-state index contributed by atoms with van der Waals surface area (Å²) in [5, 5.41) is 6.22. The van der Waals surface area contributed by atoms with Crippen molar-refractivity contribution in [2.24, 2.45) is 0 Å². The Kier molecular flexibility index (Phi) is 5.56. The molecule has 0 saturated heterocycles. The van der Waals surface area contributed by atoms with Crippen molar-refractivity contribution in [2.75, 3.05) is 44.9 Å². The van der Waals surface area contributed by atoms with Gasteiger partial charge in [-0.25, -0.2) is 4.98 Å². The first-order chi connectivity index (χ1) is 7.72. The summed E-state index contributed by atoms with van der Waals surface area (Å²) in [6.45, 7) is 2.07. The molecule has 0 amide bonds. The van der Waals surface area contributed by atoms with Crippen LogP contribution >= 0.6 is 0 Å². The Labute approximate surface area is 97.3 Å². The molecule has 0 atom stereocenters. The predicted molar refractivity (Wildman–Crippen MR) is 67.9 cm³/mol. The molecule has 1 aromatic heterocycles. The van der Waals surface area contributed by atoms with Gasteiger partial charge in [-0.3, -0.25) is 4.98 Å². The highest BCUT2D eigenvalue weighted by Gasteiger charge is 1.96. The Morgan fingerprint density at radius 3 is 2.62 bits per heavy atom. The second-order valence-electron chi connectivity index (χ2n) is 3.98. The second kappa shape index (κ2) is 7.00. The van der Waals surface area contributed by atoms with Crippen molar-refractivity contribution in [3.8, 4) is 0 Å². The third-order valence-electron chi connectivity index (χ3n) is 2.23. The molecule has 0 unspecified atom stereocenters. The van der Waals surface area contributed by atoms with E-state index in [0.717, 1.165) is 31.1 Å². The third-order valence-corrected chi connectivity index (χ3v) is 2.23. The molecule has 0 saturated carbocycles. The number of unbranched alkanes of at least 4 members (excludes halogenated alkanes) is 1. The summed E-state index contributed by atoms with van der Waals surface area (Å²) in [6.07, 6.45) is 5.78. The van der Waals surface area contributed by atoms with E-state index in [-0.39, 0.29) is 0 Å². The maximum atomic E-state index is 4.33. The molecule has 5 heteroatoms. The van der Waals surface area contributed by atoms with Crippen molar-refractivity contribution in [2.45, 2.75) is 12.8 Å². The van der Waals surface area contributed by atoms with E-state index in [1.165, 1.54) is 6.42 Å². The van der Waals surface area contributed by atoms with Crippen LogP contribution in [0.25, 0.3) is 0 Å². The van der Waals surface area contributed by atoms with Gasteiger partial charge in [-0.2, -0.15) is 0 Å². The normalized spacial score (nSPS) is 10.5. The predicted octanol–water partition coefficient (Wildman–Crippen LogP) is 1.27. The highest BCUT2D eigenvalue weighted by Crippen LogP contribution is 2.05. The number of nitrogens with one attached hydrogen (secondary N) is 2. The van der Waals surface area contributed by atoms with E-state index in [4.69, 9.17) is 0 Å². The Morgan fingerprint density at radius 1 is 1.19 bits per heavy atom. The molecule has 5 nitrogen and oxygen atoms in total. The Hall–Kier alpha value is -1.36. The third kappa shape index (κ3) is 4.93. The van der Waals surface area contributed by atoms with E-state index >= 15 is 0 Å². The van der Waals surface area contributed by atoms with Crippen molar-refractivity contribution in [1.29, 1.82) is 0 Å². The molecule has 90 valence electrons. The van der Waals surface area contributed by atoms with Crippen LogP contribution in [0, 0.1) is 0 Å². The van der Waals surface area contributed by atoms with Crippen molar-refractivity contribution in [1.82, 2.24) is 14.9 Å². The van der Waals surface area contributed by atoms with Gasteiger partial charge in [-0.15, -0.1) is 0 Å². The Balaban J connectivity index is 2.21. The Bertz CT molecular complexity index is 300. The molecule has 16 heavy (non-hydrogen) atoms. The van der Waals surface area contributed by atoms with E-state index in [0.29, 0.717) is 0 Å². The molecular formula is C11H21N5. The molecule has 0 aliphatic heterocycles. The average molecular weight is 223 g/mol. The van der Waals surface area contributed by atoms with E-state index in [1.807, 2.05) is 7.05 Å². The van der Waals surface area contributed by atoms with Gasteiger partial charge in [0.15, 0.2) is 0 Å². The molecule has 2 N–H and O–H groups in total. The van der Waals surface area contributed by atoms with Crippen LogP contribution in [-0.4, -0.2) is 49.1 Å². The minimum Gasteiger partial charge on any atom is -0.372 e. The zero-order valence-electron chi connectivity index (χ0n) is 10.3. The quantitative estimate of drug-likeness (QED) is 0.682. The van der Waals surface area contributed by atoms with Gasteiger partial charge in [0.1, 0.15) is 11.6 Å². The van der Waals surface area contributed by atoms with Gasteiger partial charge < -0.3 is 15.5 Å². The maximum Gasteiger partial charge on any atom is 0.146 e. The van der Waals surface area contributed by atoms with Crippen molar-refractivity contribution in [3.05, 3.63) is 12.4 Å². The van der Waals surface area contributed by atoms with E-state index in [2.05, 4.69) is 39.6 Å². The van der Waals surface area contributed by atoms with Crippen LogP contribution in [0.5, 0.6) is 0 Å². The Morgan fingerprint density at radius 2 is 1.94 bits per heavy atom. The van der Waals surface area contributed by atoms with Crippen LogP contribution in [0.1, 0.15) is 12.8 Å². The van der Waals surface area contributed by atoms with Crippen LogP contribution in [0.2, 0.25) is 0 Å². The topological polar surface area (TPSA) is 53.1 Å². The van der Waals surface area contributed by atoms with Gasteiger partial charge in [0.2, 0.25) is 0 Å². The van der Waals surface area contributed by atoms with Crippen LogP contribution in [0.3, 0.4) is 0 Å². The fourth-order valence-corrected chi connectivity index (χ4v) is 1.34. The average Bonchev–Trinajstić information content (AvgIpc) is 2.28. The van der Waals surface area contributed by atoms with E-state index < -0.39 is 0 Å². The fourth-order valence-electron chi connectivity index (χ4n) is 1.34. The molecule has 0 spiro atoms. The molecule has 1 aromatic rings. The SMILES string of the molecule is CNc1cncc(NCCCCN(C)C)n1. The van der Waals surface area contributed by atoms with Gasteiger partial charge >= 0.3 is 0 Å². The minimum absolute atomic E-state index is 0.790. The lowest BCUT2D eigenvalue weighted by Crippen LogP contribution is -2.14. The number of rotatable bonds is 7. The number of anilines is 2. The van der Waals surface area contributed by atoms with Gasteiger partial charge in [0.25, 0.3) is 0 Å². The highest BCUT2D eigenvalue weighted by molar-refractivity contribution is 5.40. The van der Waals surface area contributed by atoms with E-state index in [1.54, 1.807) is 12.4 Å². The lowest BCUT2D eigenvalue weighted by molar-refractivity contribution is 0.396. The lowest BCUT2D eigenvalue weighted by atomic mass is 10.3. The van der Waals surface area contributed by atoms with Gasteiger partial charge in [0.05, 0.1) is 12.4 Å². The van der Waals surface area contributed by atoms with E-state index in [9.17, 15) is 0 Å². The van der Waals surface area contributed by atoms with Gasteiger partial charge in [0, 0.05) is 13.6 Å². The van der Waals surface area contributed by atoms with Crippen LogP contribution in [0.15, 0.2) is 12.4 Å². The van der Waals surface area contributed by atoms with Crippen molar-refractivity contribution < 1.29 is 0 Å². The molecule has 0 fully saturated rings. The first-order valence-corrected chi connectivity index (χ1v) is 5.61. The molecule has 1 heterocycles. The summed E-state index contributed by atoms with van der Waals surface area (Å²) < 4.78 is 0. The number of hydrogen-bond acceptors (Lipinski definition) is 5. The molecule has 0 aromatic carbocycles. The number of aromatic nitrogens is 2. The lowest BCUT2D eigenvalue weighted by Gasteiger charge is -2.09. The maximum absolute atomic E-state index is 4.33. The number of nitrogens with zero attached hydrogens (tertiary/aromatic N) is 3. The standard InChI is InChI=1S/C11H21N5/c1-12-10-8-13-9-11(15-10)14-6-4-5-7-16(2)3/h8-9H,4-7H2,1-3H3,(H2,12,14,15). The molecule has 0 bridgehead atoms. The monoisotopic (exact) mass is 223 g/mol. The summed E-state index contributed by atoms with van der Waals surface area (Å²) in [7, 11) is 6.02. The summed E-state index contributed by atoms with van der Waals surface area (Å²) in [4.78, 5) is 10.6. The molecule has 0 aliphatic carbocycles. The van der Waals surface area contributed by atoms with Gasteiger partial charge in [-0.05, 0) is 33.5 Å². The summed E-state index contributed by atoms with van der Waals surface area (Å²) >= 11 is 0. The van der Waals surface area contributed by atoms with Crippen LogP contribution < -0.4 is 10.6 Å². The largest absolute Gasteiger partial charge is 0.372 e. The van der Waals surface area contributed by atoms with Gasteiger partial charge in [-0.1, -0.05) is 0 Å². The second-order valence-corrected chi connectivity index (χ2v) is 3.98. The molecule has 1 rings (SSSR count). The summed E-state index contributed by atoms with van der Waals surface area (Å²) in [5.41, 5.74) is 0. The molecule has 0 radical (unpaired) electrons. The first kappa shape index (κ1) is 12.7. The van der Waals surface area contributed by atoms with Crippen LogP contribution in [-0.2, 0) is 0 Å². The van der Waals surface area contributed by atoms with Crippen molar-refractivity contribution >= 4 is 11.6 Å². The summed E-state index contributed by atoms with van der Waals surface area (Å²) in [5.74, 6) is 1.62.